The van der Waals surface area contributed by atoms with E-state index >= 15 is 0 Å². The third-order valence-corrected chi connectivity index (χ3v) is 3.79. The summed E-state index contributed by atoms with van der Waals surface area (Å²) in [5.41, 5.74) is 1.15. The molecule has 0 amide bonds. The Morgan fingerprint density at radius 3 is 2.12 bits per heavy atom. The van der Waals surface area contributed by atoms with E-state index in [4.69, 9.17) is 14.2 Å². The first-order chi connectivity index (χ1) is 11.5. The Balaban J connectivity index is 2.20. The summed E-state index contributed by atoms with van der Waals surface area (Å²) < 4.78 is 42.9. The number of hydrogen-bond donors (Lipinski definition) is 1. The highest BCUT2D eigenvalue weighted by atomic mass is 19.1. The summed E-state index contributed by atoms with van der Waals surface area (Å²) in [5.74, 6) is 0.677. The highest BCUT2D eigenvalue weighted by molar-refractivity contribution is 5.54. The summed E-state index contributed by atoms with van der Waals surface area (Å²) in [7, 11) is 4.62. The largest absolute Gasteiger partial charge is 0.493 e. The van der Waals surface area contributed by atoms with Crippen molar-refractivity contribution in [2.75, 3.05) is 21.3 Å². The summed E-state index contributed by atoms with van der Waals surface area (Å²) in [6.07, 6.45) is 0. The number of rotatable bonds is 7. The first-order valence-electron chi connectivity index (χ1n) is 7.47. The lowest BCUT2D eigenvalue weighted by Gasteiger charge is -2.19. The molecule has 2 rings (SSSR count). The van der Waals surface area contributed by atoms with E-state index in [0.29, 0.717) is 17.2 Å². The van der Waals surface area contributed by atoms with Gasteiger partial charge < -0.3 is 19.5 Å². The molecule has 2 aromatic carbocycles. The zero-order valence-corrected chi connectivity index (χ0v) is 14.2. The first kappa shape index (κ1) is 18.0. The second-order valence-corrected chi connectivity index (χ2v) is 5.30. The van der Waals surface area contributed by atoms with E-state index in [0.717, 1.165) is 17.7 Å². The summed E-state index contributed by atoms with van der Waals surface area (Å²) in [4.78, 5) is 0. The molecule has 6 heteroatoms. The Hall–Kier alpha value is -2.34. The zero-order chi connectivity index (χ0) is 17.7. The number of hydrogen-bond acceptors (Lipinski definition) is 4. The minimum atomic E-state index is -0.464. The van der Waals surface area contributed by atoms with Gasteiger partial charge in [0.1, 0.15) is 11.6 Å². The van der Waals surface area contributed by atoms with Crippen LogP contribution in [-0.4, -0.2) is 21.3 Å². The van der Waals surface area contributed by atoms with Crippen LogP contribution >= 0.6 is 0 Å². The van der Waals surface area contributed by atoms with Crippen molar-refractivity contribution in [1.29, 1.82) is 0 Å². The maximum absolute atomic E-state index is 13.7. The predicted octanol–water partition coefficient (Wildman–Crippen LogP) is 3.84. The molecule has 0 saturated heterocycles. The van der Waals surface area contributed by atoms with Crippen LogP contribution in [0, 0.1) is 11.6 Å². The second kappa shape index (κ2) is 7.97. The van der Waals surface area contributed by atoms with Gasteiger partial charge in [-0.15, -0.1) is 0 Å². The molecule has 1 N–H and O–H groups in total. The molecule has 2 aromatic rings. The van der Waals surface area contributed by atoms with Crippen LogP contribution in [0.1, 0.15) is 24.1 Å². The summed E-state index contributed by atoms with van der Waals surface area (Å²) in [6, 6.07) is 6.91. The van der Waals surface area contributed by atoms with Crippen molar-refractivity contribution >= 4 is 0 Å². The smallest absolute Gasteiger partial charge is 0.203 e. The lowest BCUT2D eigenvalue weighted by Crippen LogP contribution is -2.19. The zero-order valence-electron chi connectivity index (χ0n) is 14.2. The molecule has 0 aliphatic heterocycles. The van der Waals surface area contributed by atoms with Crippen molar-refractivity contribution in [3.8, 4) is 17.2 Å². The van der Waals surface area contributed by atoms with Crippen molar-refractivity contribution in [3.05, 3.63) is 53.1 Å². The summed E-state index contributed by atoms with van der Waals surface area (Å²) >= 11 is 0. The molecule has 0 saturated carbocycles. The van der Waals surface area contributed by atoms with Gasteiger partial charge in [0.15, 0.2) is 11.5 Å². The molecule has 1 atom stereocenters. The molecule has 0 aromatic heterocycles. The molecular weight excluding hydrogens is 316 g/mol. The van der Waals surface area contributed by atoms with Crippen LogP contribution in [0.2, 0.25) is 0 Å². The van der Waals surface area contributed by atoms with Gasteiger partial charge in [0.05, 0.1) is 21.3 Å². The van der Waals surface area contributed by atoms with E-state index in [1.165, 1.54) is 13.2 Å². The fourth-order valence-electron chi connectivity index (χ4n) is 2.41. The average Bonchev–Trinajstić information content (AvgIpc) is 2.60. The summed E-state index contributed by atoms with van der Waals surface area (Å²) in [6.45, 7) is 2.11. The van der Waals surface area contributed by atoms with Crippen LogP contribution in [0.15, 0.2) is 30.3 Å². The third kappa shape index (κ3) is 3.94. The minimum Gasteiger partial charge on any atom is -0.493 e. The predicted molar refractivity (Wildman–Crippen MR) is 87.7 cm³/mol. The lowest BCUT2D eigenvalue weighted by molar-refractivity contribution is 0.323. The van der Waals surface area contributed by atoms with Crippen LogP contribution in [0.3, 0.4) is 0 Å². The first-order valence-corrected chi connectivity index (χ1v) is 7.47. The van der Waals surface area contributed by atoms with Gasteiger partial charge in [0.25, 0.3) is 0 Å². The molecule has 0 aliphatic rings. The van der Waals surface area contributed by atoms with Gasteiger partial charge >= 0.3 is 0 Å². The van der Waals surface area contributed by atoms with Crippen molar-refractivity contribution in [1.82, 2.24) is 5.32 Å². The monoisotopic (exact) mass is 337 g/mol. The lowest BCUT2D eigenvalue weighted by atomic mass is 10.1. The number of ether oxygens (including phenoxy) is 3. The van der Waals surface area contributed by atoms with Gasteiger partial charge in [-0.05, 0) is 42.8 Å². The van der Waals surface area contributed by atoms with Gasteiger partial charge in [-0.2, -0.15) is 0 Å². The van der Waals surface area contributed by atoms with Gasteiger partial charge in [-0.25, -0.2) is 8.78 Å². The molecule has 0 bridgehead atoms. The Morgan fingerprint density at radius 1 is 0.958 bits per heavy atom. The maximum atomic E-state index is 13.7. The molecule has 0 radical (unpaired) electrons. The quantitative estimate of drug-likeness (QED) is 0.833. The SMILES string of the molecule is COc1cc(C(C)NCc2cc(F)ccc2F)cc(OC)c1OC. The Labute approximate surface area is 140 Å². The molecule has 24 heavy (non-hydrogen) atoms. The Bertz CT molecular complexity index is 682. The van der Waals surface area contributed by atoms with Gasteiger partial charge in [0, 0.05) is 18.2 Å². The number of benzene rings is 2. The van der Waals surface area contributed by atoms with Crippen LogP contribution in [0.5, 0.6) is 17.2 Å². The van der Waals surface area contributed by atoms with Crippen LogP contribution in [0.25, 0.3) is 0 Å². The topological polar surface area (TPSA) is 39.7 Å². The highest BCUT2D eigenvalue weighted by Crippen LogP contribution is 2.39. The fraction of sp³-hybridized carbons (Fsp3) is 0.333. The van der Waals surface area contributed by atoms with Crippen LogP contribution in [0.4, 0.5) is 8.78 Å². The van der Waals surface area contributed by atoms with E-state index in [1.807, 2.05) is 19.1 Å². The third-order valence-electron chi connectivity index (χ3n) is 3.79. The average molecular weight is 337 g/mol. The molecule has 0 heterocycles. The van der Waals surface area contributed by atoms with Gasteiger partial charge in [0.2, 0.25) is 5.75 Å². The Morgan fingerprint density at radius 2 is 1.58 bits per heavy atom. The minimum absolute atomic E-state index is 0.138. The molecule has 130 valence electrons. The fourth-order valence-corrected chi connectivity index (χ4v) is 2.41. The van der Waals surface area contributed by atoms with Crippen molar-refractivity contribution in [2.45, 2.75) is 19.5 Å². The number of halogens is 2. The van der Waals surface area contributed by atoms with E-state index in [9.17, 15) is 8.78 Å². The normalized spacial score (nSPS) is 11.9. The van der Waals surface area contributed by atoms with Gasteiger partial charge in [-0.3, -0.25) is 0 Å². The molecule has 0 aliphatic carbocycles. The van der Waals surface area contributed by atoms with Crippen molar-refractivity contribution in [3.63, 3.8) is 0 Å². The highest BCUT2D eigenvalue weighted by Gasteiger charge is 2.16. The van der Waals surface area contributed by atoms with Gasteiger partial charge in [-0.1, -0.05) is 0 Å². The molecule has 0 spiro atoms. The Kier molecular flexibility index (Phi) is 5.98. The standard InChI is InChI=1S/C18H21F2NO3/c1-11(21-10-13-7-14(19)5-6-15(13)20)12-8-16(22-2)18(24-4)17(9-12)23-3/h5-9,11,21H,10H2,1-4H3. The summed E-state index contributed by atoms with van der Waals surface area (Å²) in [5, 5.41) is 3.16. The molecule has 0 fully saturated rings. The van der Waals surface area contributed by atoms with E-state index in [2.05, 4.69) is 5.32 Å². The second-order valence-electron chi connectivity index (χ2n) is 5.30. The van der Waals surface area contributed by atoms with E-state index < -0.39 is 11.6 Å². The van der Waals surface area contributed by atoms with E-state index in [-0.39, 0.29) is 18.2 Å². The maximum Gasteiger partial charge on any atom is 0.203 e. The molecule has 4 nitrogen and oxygen atoms in total. The van der Waals surface area contributed by atoms with Crippen LogP contribution in [-0.2, 0) is 6.54 Å². The molecular formula is C18H21F2NO3. The van der Waals surface area contributed by atoms with Crippen molar-refractivity contribution < 1.29 is 23.0 Å². The number of methoxy groups -OCH3 is 3. The number of nitrogens with one attached hydrogen (secondary N) is 1. The molecule has 1 unspecified atom stereocenters. The van der Waals surface area contributed by atoms with Crippen molar-refractivity contribution in [2.24, 2.45) is 0 Å². The van der Waals surface area contributed by atoms with Crippen LogP contribution < -0.4 is 19.5 Å². The van der Waals surface area contributed by atoms with E-state index in [1.54, 1.807) is 14.2 Å².